The van der Waals surface area contributed by atoms with E-state index in [0.29, 0.717) is 6.42 Å². The Morgan fingerprint density at radius 1 is 1.17 bits per heavy atom. The standard InChI is InChI=1S/C18H23N3OS/c1-13(21-18(22)17(19)9-12-23-2)14-3-5-15(6-4-14)16-7-10-20-11-8-16/h3-8,10-11,13,17H,9,12,19H2,1-2H3,(H,21,22)/t13?,17-/m0/s1. The first-order chi connectivity index (χ1) is 11.1. The van der Waals surface area contributed by atoms with Gasteiger partial charge in [0.05, 0.1) is 12.1 Å². The minimum atomic E-state index is -0.444. The molecule has 1 aromatic carbocycles. The van der Waals surface area contributed by atoms with Crippen LogP contribution >= 0.6 is 11.8 Å². The summed E-state index contributed by atoms with van der Waals surface area (Å²) < 4.78 is 0. The van der Waals surface area contributed by atoms with Gasteiger partial charge in [0.2, 0.25) is 5.91 Å². The van der Waals surface area contributed by atoms with Crippen LogP contribution in [0.4, 0.5) is 0 Å². The Morgan fingerprint density at radius 2 is 1.78 bits per heavy atom. The molecule has 0 spiro atoms. The zero-order chi connectivity index (χ0) is 16.7. The van der Waals surface area contributed by atoms with Gasteiger partial charge in [-0.15, -0.1) is 0 Å². The van der Waals surface area contributed by atoms with Gasteiger partial charge in [0.15, 0.2) is 0 Å². The number of nitrogens with two attached hydrogens (primary N) is 1. The maximum absolute atomic E-state index is 12.1. The number of rotatable bonds is 7. The van der Waals surface area contributed by atoms with Crippen LogP contribution in [0.3, 0.4) is 0 Å². The summed E-state index contributed by atoms with van der Waals surface area (Å²) in [5.74, 6) is 0.800. The maximum atomic E-state index is 12.1. The summed E-state index contributed by atoms with van der Waals surface area (Å²) in [6.45, 7) is 1.97. The van der Waals surface area contributed by atoms with Crippen LogP contribution in [0.2, 0.25) is 0 Å². The number of thioether (sulfide) groups is 1. The molecule has 1 heterocycles. The van der Waals surface area contributed by atoms with Gasteiger partial charge in [-0.2, -0.15) is 11.8 Å². The normalized spacial score (nSPS) is 13.3. The molecule has 1 amide bonds. The van der Waals surface area contributed by atoms with E-state index in [9.17, 15) is 4.79 Å². The SMILES string of the molecule is CSCC[C@H](N)C(=O)NC(C)c1ccc(-c2ccncc2)cc1. The molecule has 0 fully saturated rings. The van der Waals surface area contributed by atoms with E-state index < -0.39 is 6.04 Å². The van der Waals surface area contributed by atoms with Crippen LogP contribution in [0.25, 0.3) is 11.1 Å². The van der Waals surface area contributed by atoms with Crippen molar-refractivity contribution in [2.24, 2.45) is 5.73 Å². The number of pyridine rings is 1. The van der Waals surface area contributed by atoms with Gasteiger partial charge in [-0.05, 0) is 54.2 Å². The molecule has 0 aliphatic rings. The van der Waals surface area contributed by atoms with E-state index in [1.54, 1.807) is 24.2 Å². The Balaban J connectivity index is 1.97. The quantitative estimate of drug-likeness (QED) is 0.819. The number of nitrogens with zero attached hydrogens (tertiary/aromatic N) is 1. The zero-order valence-electron chi connectivity index (χ0n) is 13.5. The molecule has 0 saturated heterocycles. The largest absolute Gasteiger partial charge is 0.348 e. The number of hydrogen-bond donors (Lipinski definition) is 2. The van der Waals surface area contributed by atoms with Crippen LogP contribution in [-0.4, -0.2) is 28.9 Å². The Bertz CT molecular complexity index is 616. The predicted octanol–water partition coefficient (Wildman–Crippen LogP) is 3.01. The van der Waals surface area contributed by atoms with Crippen LogP contribution in [0.5, 0.6) is 0 Å². The zero-order valence-corrected chi connectivity index (χ0v) is 14.3. The Hall–Kier alpha value is -1.85. The fourth-order valence-corrected chi connectivity index (χ4v) is 2.78. The molecular formula is C18H23N3OS. The van der Waals surface area contributed by atoms with Crippen molar-refractivity contribution in [2.45, 2.75) is 25.4 Å². The second-order valence-corrected chi connectivity index (χ2v) is 6.46. The highest BCUT2D eigenvalue weighted by molar-refractivity contribution is 7.98. The molecule has 5 heteroatoms. The lowest BCUT2D eigenvalue weighted by Crippen LogP contribution is -2.41. The van der Waals surface area contributed by atoms with Gasteiger partial charge in [0, 0.05) is 12.4 Å². The van der Waals surface area contributed by atoms with E-state index in [1.165, 1.54) is 0 Å². The molecule has 3 N–H and O–H groups in total. The van der Waals surface area contributed by atoms with Crippen molar-refractivity contribution in [1.82, 2.24) is 10.3 Å². The second kappa shape index (κ2) is 8.70. The van der Waals surface area contributed by atoms with E-state index in [2.05, 4.69) is 22.4 Å². The van der Waals surface area contributed by atoms with Gasteiger partial charge in [-0.25, -0.2) is 0 Å². The molecule has 0 radical (unpaired) electrons. The molecule has 0 aliphatic heterocycles. The number of nitrogens with one attached hydrogen (secondary N) is 1. The molecule has 0 aliphatic carbocycles. The summed E-state index contributed by atoms with van der Waals surface area (Å²) in [5.41, 5.74) is 9.22. The summed E-state index contributed by atoms with van der Waals surface area (Å²) in [6, 6.07) is 11.6. The molecule has 2 atom stereocenters. The van der Waals surface area contributed by atoms with Crippen molar-refractivity contribution in [3.05, 3.63) is 54.4 Å². The third-order valence-electron chi connectivity index (χ3n) is 3.75. The molecule has 122 valence electrons. The number of benzene rings is 1. The van der Waals surface area contributed by atoms with Crippen LogP contribution < -0.4 is 11.1 Å². The summed E-state index contributed by atoms with van der Waals surface area (Å²) in [7, 11) is 0. The van der Waals surface area contributed by atoms with Gasteiger partial charge >= 0.3 is 0 Å². The van der Waals surface area contributed by atoms with Gasteiger partial charge in [-0.1, -0.05) is 24.3 Å². The van der Waals surface area contributed by atoms with Crippen LogP contribution in [0.1, 0.15) is 24.9 Å². The lowest BCUT2D eigenvalue weighted by molar-refractivity contribution is -0.123. The average molecular weight is 329 g/mol. The maximum Gasteiger partial charge on any atom is 0.237 e. The number of aromatic nitrogens is 1. The topological polar surface area (TPSA) is 68.0 Å². The van der Waals surface area contributed by atoms with E-state index >= 15 is 0 Å². The lowest BCUT2D eigenvalue weighted by Gasteiger charge is -2.18. The van der Waals surface area contributed by atoms with Gasteiger partial charge in [0.25, 0.3) is 0 Å². The number of amides is 1. The highest BCUT2D eigenvalue weighted by Gasteiger charge is 2.16. The molecule has 4 nitrogen and oxygen atoms in total. The first kappa shape index (κ1) is 17.5. The molecule has 2 aromatic rings. The van der Waals surface area contributed by atoms with Crippen molar-refractivity contribution in [3.8, 4) is 11.1 Å². The highest BCUT2D eigenvalue weighted by Crippen LogP contribution is 2.21. The summed E-state index contributed by atoms with van der Waals surface area (Å²) in [4.78, 5) is 16.1. The number of carbonyl (C=O) groups excluding carboxylic acids is 1. The molecular weight excluding hydrogens is 306 g/mol. The lowest BCUT2D eigenvalue weighted by atomic mass is 10.0. The van der Waals surface area contributed by atoms with E-state index in [-0.39, 0.29) is 11.9 Å². The van der Waals surface area contributed by atoms with Crippen LogP contribution in [-0.2, 0) is 4.79 Å². The summed E-state index contributed by atoms with van der Waals surface area (Å²) in [6.07, 6.45) is 6.27. The fraction of sp³-hybridized carbons (Fsp3) is 0.333. The minimum absolute atomic E-state index is 0.0608. The predicted molar refractivity (Wildman–Crippen MR) is 97.2 cm³/mol. The molecule has 2 rings (SSSR count). The summed E-state index contributed by atoms with van der Waals surface area (Å²) >= 11 is 1.70. The fourth-order valence-electron chi connectivity index (χ4n) is 2.29. The molecule has 0 saturated carbocycles. The Labute approximate surface area is 141 Å². The minimum Gasteiger partial charge on any atom is -0.348 e. The van der Waals surface area contributed by atoms with E-state index in [4.69, 9.17) is 5.73 Å². The molecule has 0 bridgehead atoms. The number of carbonyl (C=O) groups is 1. The molecule has 23 heavy (non-hydrogen) atoms. The van der Waals surface area contributed by atoms with Crippen molar-refractivity contribution in [1.29, 1.82) is 0 Å². The van der Waals surface area contributed by atoms with Crippen molar-refractivity contribution in [3.63, 3.8) is 0 Å². The van der Waals surface area contributed by atoms with Crippen molar-refractivity contribution < 1.29 is 4.79 Å². The Kier molecular flexibility index (Phi) is 6.62. The highest BCUT2D eigenvalue weighted by atomic mass is 32.2. The third-order valence-corrected chi connectivity index (χ3v) is 4.40. The second-order valence-electron chi connectivity index (χ2n) is 5.48. The third kappa shape index (κ3) is 5.08. The number of hydrogen-bond acceptors (Lipinski definition) is 4. The first-order valence-electron chi connectivity index (χ1n) is 7.67. The Morgan fingerprint density at radius 3 is 2.39 bits per heavy atom. The molecule has 1 aromatic heterocycles. The van der Waals surface area contributed by atoms with Gasteiger partial charge in [0.1, 0.15) is 0 Å². The monoisotopic (exact) mass is 329 g/mol. The summed E-state index contributed by atoms with van der Waals surface area (Å²) in [5, 5.41) is 2.98. The molecule has 1 unspecified atom stereocenters. The van der Waals surface area contributed by atoms with Gasteiger partial charge < -0.3 is 11.1 Å². The van der Waals surface area contributed by atoms with E-state index in [0.717, 1.165) is 22.4 Å². The average Bonchev–Trinajstić information content (AvgIpc) is 2.60. The van der Waals surface area contributed by atoms with Crippen LogP contribution in [0.15, 0.2) is 48.8 Å². The van der Waals surface area contributed by atoms with Crippen LogP contribution in [0, 0.1) is 0 Å². The van der Waals surface area contributed by atoms with Gasteiger partial charge in [-0.3, -0.25) is 9.78 Å². The first-order valence-corrected chi connectivity index (χ1v) is 9.06. The van der Waals surface area contributed by atoms with E-state index in [1.807, 2.05) is 37.4 Å². The van der Waals surface area contributed by atoms with Crippen molar-refractivity contribution in [2.75, 3.05) is 12.0 Å². The smallest absolute Gasteiger partial charge is 0.237 e. The van der Waals surface area contributed by atoms with Crippen molar-refractivity contribution >= 4 is 17.7 Å².